The lowest BCUT2D eigenvalue weighted by atomic mass is 10.1. The fraction of sp³-hybridized carbons (Fsp3) is 0.400. The summed E-state index contributed by atoms with van der Waals surface area (Å²) in [6.45, 7) is 2.97. The zero-order chi connectivity index (χ0) is 23.2. The maximum absolute atomic E-state index is 13.0. The first-order chi connectivity index (χ1) is 15.1. The van der Waals surface area contributed by atoms with Gasteiger partial charge in [0, 0.05) is 12.1 Å². The van der Waals surface area contributed by atoms with E-state index in [-0.39, 0.29) is 17.7 Å². The second-order valence-electron chi connectivity index (χ2n) is 7.62. The molecule has 3 aromatic rings. The number of halogens is 3. The molecule has 1 aromatic carbocycles. The first-order valence-corrected chi connectivity index (χ1v) is 9.69. The molecule has 0 bridgehead atoms. The number of hydrogen-bond donors (Lipinski definition) is 3. The van der Waals surface area contributed by atoms with Crippen LogP contribution in [-0.4, -0.2) is 60.5 Å². The minimum absolute atomic E-state index is 0.172. The molecule has 1 aliphatic rings. The zero-order valence-electron chi connectivity index (χ0n) is 17.0. The van der Waals surface area contributed by atoms with Gasteiger partial charge in [-0.25, -0.2) is 15.0 Å². The van der Waals surface area contributed by atoms with E-state index in [0.29, 0.717) is 16.9 Å². The first kappa shape index (κ1) is 22.1. The molecule has 1 aliphatic heterocycles. The topological polar surface area (TPSA) is 122 Å². The fourth-order valence-electron chi connectivity index (χ4n) is 3.66. The molecule has 3 N–H and O–H groups in total. The number of aliphatic hydroxyl groups excluding tert-OH is 2. The summed E-state index contributed by atoms with van der Waals surface area (Å²) in [6, 6.07) is 3.03. The van der Waals surface area contributed by atoms with E-state index in [0.717, 1.165) is 12.1 Å². The van der Waals surface area contributed by atoms with E-state index in [4.69, 9.17) is 4.74 Å². The molecule has 1 saturated heterocycles. The molecule has 32 heavy (non-hydrogen) atoms. The van der Waals surface area contributed by atoms with Crippen molar-refractivity contribution in [1.29, 1.82) is 0 Å². The average Bonchev–Trinajstić information content (AvgIpc) is 3.28. The van der Waals surface area contributed by atoms with Crippen LogP contribution >= 0.6 is 0 Å². The maximum atomic E-state index is 13.0. The van der Waals surface area contributed by atoms with Crippen molar-refractivity contribution in [1.82, 2.24) is 24.8 Å². The third kappa shape index (κ3) is 4.04. The Morgan fingerprint density at radius 2 is 1.91 bits per heavy atom. The highest BCUT2D eigenvalue weighted by molar-refractivity contribution is 5.94. The number of fused-ring (bicyclic) bond motifs is 1. The number of rotatable bonds is 4. The molecule has 0 spiro atoms. The summed E-state index contributed by atoms with van der Waals surface area (Å²) in [5.41, 5.74) is 0.713. The highest BCUT2D eigenvalue weighted by atomic mass is 19.4. The van der Waals surface area contributed by atoms with Crippen LogP contribution in [0.15, 0.2) is 30.9 Å². The number of aliphatic hydroxyl groups is 2. The van der Waals surface area contributed by atoms with Crippen molar-refractivity contribution in [2.75, 3.05) is 6.54 Å². The van der Waals surface area contributed by atoms with Crippen LogP contribution in [0.3, 0.4) is 0 Å². The number of carbonyl (C=O) groups is 1. The van der Waals surface area contributed by atoms with Gasteiger partial charge in [0.05, 0.1) is 17.6 Å². The van der Waals surface area contributed by atoms with Crippen molar-refractivity contribution in [2.24, 2.45) is 0 Å². The number of nitrogens with zero attached hydrogens (tertiary/aromatic N) is 4. The lowest BCUT2D eigenvalue weighted by Crippen LogP contribution is -2.39. The predicted octanol–water partition coefficient (Wildman–Crippen LogP) is 1.51. The molecular formula is C20H20F3N5O4. The Morgan fingerprint density at radius 3 is 2.62 bits per heavy atom. The lowest BCUT2D eigenvalue weighted by molar-refractivity contribution is -0.137. The van der Waals surface area contributed by atoms with Crippen molar-refractivity contribution < 1.29 is 32.9 Å². The van der Waals surface area contributed by atoms with Crippen LogP contribution in [0.5, 0.6) is 0 Å². The third-order valence-electron chi connectivity index (χ3n) is 5.28. The Balaban J connectivity index is 1.48. The summed E-state index contributed by atoms with van der Waals surface area (Å²) in [7, 11) is 0. The molecular weight excluding hydrogens is 431 g/mol. The number of alkyl halides is 3. The van der Waals surface area contributed by atoms with Crippen LogP contribution < -0.4 is 5.32 Å². The maximum Gasteiger partial charge on any atom is 0.416 e. The number of aromatic nitrogens is 4. The number of aryl methyl sites for hydroxylation is 2. The summed E-state index contributed by atoms with van der Waals surface area (Å²) in [6.07, 6.45) is -6.59. The molecule has 0 saturated carbocycles. The van der Waals surface area contributed by atoms with E-state index in [1.54, 1.807) is 6.92 Å². The van der Waals surface area contributed by atoms with Crippen molar-refractivity contribution in [3.63, 3.8) is 0 Å². The van der Waals surface area contributed by atoms with Gasteiger partial charge < -0.3 is 20.3 Å². The smallest absolute Gasteiger partial charge is 0.387 e. The van der Waals surface area contributed by atoms with Crippen LogP contribution in [0.2, 0.25) is 0 Å². The molecule has 3 heterocycles. The van der Waals surface area contributed by atoms with Gasteiger partial charge in [0.1, 0.15) is 30.2 Å². The summed E-state index contributed by atoms with van der Waals surface area (Å²) in [5.74, 6) is -0.760. The second kappa shape index (κ2) is 8.11. The largest absolute Gasteiger partial charge is 0.416 e. The van der Waals surface area contributed by atoms with Crippen LogP contribution in [0.1, 0.15) is 33.4 Å². The summed E-state index contributed by atoms with van der Waals surface area (Å²) in [4.78, 5) is 24.8. The molecule has 4 atom stereocenters. The molecule has 1 fully saturated rings. The van der Waals surface area contributed by atoms with Crippen molar-refractivity contribution in [2.45, 2.75) is 44.6 Å². The Morgan fingerprint density at radius 1 is 1.16 bits per heavy atom. The average molecular weight is 451 g/mol. The fourth-order valence-corrected chi connectivity index (χ4v) is 3.66. The first-order valence-electron chi connectivity index (χ1n) is 9.69. The Hall–Kier alpha value is -3.09. The summed E-state index contributed by atoms with van der Waals surface area (Å²) < 4.78 is 46.3. The highest BCUT2D eigenvalue weighted by Gasteiger charge is 2.44. The zero-order valence-corrected chi connectivity index (χ0v) is 17.0. The normalized spacial score (nSPS) is 23.6. The summed E-state index contributed by atoms with van der Waals surface area (Å²) >= 11 is 0. The van der Waals surface area contributed by atoms with Gasteiger partial charge in [-0.2, -0.15) is 13.2 Å². The lowest BCUT2D eigenvalue weighted by Gasteiger charge is -2.17. The molecule has 1 amide bonds. The number of nitrogens with one attached hydrogen (secondary N) is 1. The van der Waals surface area contributed by atoms with E-state index in [9.17, 15) is 28.2 Å². The van der Waals surface area contributed by atoms with Crippen LogP contribution in [0.4, 0.5) is 13.2 Å². The Kier molecular flexibility index (Phi) is 5.61. The van der Waals surface area contributed by atoms with E-state index in [2.05, 4.69) is 20.3 Å². The van der Waals surface area contributed by atoms with E-state index in [1.807, 2.05) is 0 Å². The molecule has 0 radical (unpaired) electrons. The number of benzene rings is 1. The minimum atomic E-state index is -4.58. The molecule has 4 rings (SSSR count). The van der Waals surface area contributed by atoms with E-state index < -0.39 is 42.2 Å². The number of hydrogen-bond acceptors (Lipinski definition) is 7. The number of amides is 1. The summed E-state index contributed by atoms with van der Waals surface area (Å²) in [5, 5.41) is 23.3. The SMILES string of the molecule is Cc1cc(C(=O)NCC2OC(n3cnc4c(C)ncnc43)C(O)C2O)cc(C(F)(F)F)c1. The third-order valence-corrected chi connectivity index (χ3v) is 5.28. The monoisotopic (exact) mass is 451 g/mol. The van der Waals surface area contributed by atoms with Gasteiger partial charge in [-0.05, 0) is 37.6 Å². The quantitative estimate of drug-likeness (QED) is 0.550. The van der Waals surface area contributed by atoms with Crippen molar-refractivity contribution in [3.05, 3.63) is 53.2 Å². The van der Waals surface area contributed by atoms with Gasteiger partial charge in [0.15, 0.2) is 11.9 Å². The Bertz CT molecular complexity index is 1170. The number of ether oxygens (including phenoxy) is 1. The second-order valence-corrected chi connectivity index (χ2v) is 7.62. The van der Waals surface area contributed by atoms with Crippen LogP contribution in [0.25, 0.3) is 11.2 Å². The molecule has 12 heteroatoms. The van der Waals surface area contributed by atoms with Gasteiger partial charge >= 0.3 is 6.18 Å². The van der Waals surface area contributed by atoms with Crippen LogP contribution in [0, 0.1) is 13.8 Å². The molecule has 4 unspecified atom stereocenters. The molecule has 170 valence electrons. The van der Waals surface area contributed by atoms with Gasteiger partial charge in [0.2, 0.25) is 0 Å². The standard InChI is InChI=1S/C20H20F3N5O4/c1-9-3-11(5-12(4-9)20(21,22)23)18(31)24-6-13-15(29)16(30)19(32-13)28-8-27-14-10(2)25-7-26-17(14)28/h3-5,7-8,13,15-16,19,29-30H,6H2,1-2H3,(H,24,31). The Labute approximate surface area is 179 Å². The van der Waals surface area contributed by atoms with Gasteiger partial charge in [-0.15, -0.1) is 0 Å². The number of carbonyl (C=O) groups excluding carboxylic acids is 1. The molecule has 0 aliphatic carbocycles. The van der Waals surface area contributed by atoms with E-state index in [1.165, 1.54) is 30.2 Å². The highest BCUT2D eigenvalue weighted by Crippen LogP contribution is 2.32. The van der Waals surface area contributed by atoms with E-state index >= 15 is 0 Å². The molecule has 2 aromatic heterocycles. The number of imidazole rings is 1. The van der Waals surface area contributed by atoms with Crippen molar-refractivity contribution in [3.8, 4) is 0 Å². The predicted molar refractivity (Wildman–Crippen MR) is 104 cm³/mol. The van der Waals surface area contributed by atoms with Gasteiger partial charge in [-0.3, -0.25) is 9.36 Å². The van der Waals surface area contributed by atoms with Crippen LogP contribution in [-0.2, 0) is 10.9 Å². The van der Waals surface area contributed by atoms with Gasteiger partial charge in [0.25, 0.3) is 5.91 Å². The minimum Gasteiger partial charge on any atom is -0.387 e. The van der Waals surface area contributed by atoms with Crippen molar-refractivity contribution >= 4 is 17.1 Å². The van der Waals surface area contributed by atoms with Gasteiger partial charge in [-0.1, -0.05) is 0 Å². The molecule has 9 nitrogen and oxygen atoms in total.